The van der Waals surface area contributed by atoms with Gasteiger partial charge in [0.2, 0.25) is 16.0 Å². The van der Waals surface area contributed by atoms with Crippen LogP contribution in [0, 0.1) is 10.2 Å². The third kappa shape index (κ3) is 5.52. The van der Waals surface area contributed by atoms with Crippen molar-refractivity contribution in [2.24, 2.45) is 0 Å². The Morgan fingerprint density at radius 1 is 1.00 bits per heavy atom. The molecule has 2 aromatic rings. The van der Waals surface area contributed by atoms with Crippen molar-refractivity contribution in [3.05, 3.63) is 29.6 Å². The molecule has 0 aliphatic carbocycles. The van der Waals surface area contributed by atoms with E-state index >= 15 is 0 Å². The Morgan fingerprint density at radius 2 is 1.53 bits per heavy atom. The van der Waals surface area contributed by atoms with Gasteiger partial charge in [-0.25, -0.2) is 18.6 Å². The Labute approximate surface area is 115 Å². The van der Waals surface area contributed by atoms with E-state index in [9.17, 15) is 0 Å². The van der Waals surface area contributed by atoms with E-state index in [1.807, 2.05) is 23.6 Å². The largest absolute Gasteiger partial charge is 0.493 e. The van der Waals surface area contributed by atoms with E-state index in [-0.39, 0.29) is 0 Å². The molecule has 0 atom stereocenters. The lowest BCUT2D eigenvalue weighted by Gasteiger charge is -2.17. The van der Waals surface area contributed by atoms with E-state index in [2.05, 4.69) is 6.07 Å². The molecule has 0 fully saturated rings. The zero-order valence-electron chi connectivity index (χ0n) is 10.1. The number of hydrogen-bond acceptors (Lipinski definition) is 6. The fraction of sp³-hybridized carbons (Fsp3) is 0.182. The molecule has 0 aliphatic heterocycles. The van der Waals surface area contributed by atoms with Crippen LogP contribution in [0.15, 0.2) is 29.6 Å². The molecule has 0 N–H and O–H groups in total. The maximum Gasteiger partial charge on any atom is 0.241 e. The summed E-state index contributed by atoms with van der Waals surface area (Å²) < 4.78 is 45.6. The van der Waals surface area contributed by atoms with Crippen molar-refractivity contribution < 1.29 is 38.4 Å². The third-order valence-corrected chi connectivity index (χ3v) is 2.97. The Kier molecular flexibility index (Phi) is 5.67. The van der Waals surface area contributed by atoms with Crippen LogP contribution in [0.3, 0.4) is 0 Å². The third-order valence-electron chi connectivity index (χ3n) is 2.07. The van der Waals surface area contributed by atoms with Crippen LogP contribution in [0.1, 0.15) is 0 Å². The van der Waals surface area contributed by atoms with Gasteiger partial charge in [0.05, 0.1) is 14.2 Å². The minimum Gasteiger partial charge on any atom is -0.493 e. The van der Waals surface area contributed by atoms with Gasteiger partial charge in [0.15, 0.2) is 16.9 Å². The quantitative estimate of drug-likeness (QED) is 0.621. The summed E-state index contributed by atoms with van der Waals surface area (Å²) >= 11 is 1.69. The zero-order valence-corrected chi connectivity index (χ0v) is 11.7. The second-order valence-corrected chi connectivity index (χ2v) is 4.94. The molecule has 0 saturated heterocycles. The van der Waals surface area contributed by atoms with Gasteiger partial charge >= 0.3 is 0 Å². The Bertz CT molecular complexity index is 494. The number of methoxy groups -OCH3 is 2. The molecule has 0 bridgehead atoms. The molecule has 1 heterocycles. The van der Waals surface area contributed by atoms with E-state index in [1.54, 1.807) is 25.6 Å². The summed E-state index contributed by atoms with van der Waals surface area (Å²) in [7, 11) is -1.65. The number of rotatable bonds is 2. The van der Waals surface area contributed by atoms with Crippen LogP contribution in [0.4, 0.5) is 0 Å². The lowest BCUT2D eigenvalue weighted by molar-refractivity contribution is -2.00. The van der Waals surface area contributed by atoms with Crippen LogP contribution >= 0.6 is 11.3 Å². The van der Waals surface area contributed by atoms with Crippen LogP contribution in [0.5, 0.6) is 11.5 Å². The first-order valence-electron chi connectivity index (χ1n) is 4.89. The van der Waals surface area contributed by atoms with Crippen LogP contribution in [0.2, 0.25) is 0 Å². The molecule has 8 heteroatoms. The Hall–Kier alpha value is -1.22. The second kappa shape index (κ2) is 6.80. The zero-order chi connectivity index (χ0) is 14.5. The van der Waals surface area contributed by atoms with Gasteiger partial charge in [-0.1, -0.05) is 0 Å². The highest BCUT2D eigenvalue weighted by molar-refractivity contribution is 7.16. The number of fused-ring (bicyclic) bond motifs is 1. The maximum absolute atomic E-state index is 8.49. The molecule has 19 heavy (non-hydrogen) atoms. The molecule has 6 nitrogen and oxygen atoms in total. The fourth-order valence-electron chi connectivity index (χ4n) is 1.36. The second-order valence-electron chi connectivity index (χ2n) is 3.24. The van der Waals surface area contributed by atoms with Gasteiger partial charge in [-0.3, -0.25) is 0 Å². The summed E-state index contributed by atoms with van der Waals surface area (Å²) in [5, 5.41) is 3.23. The molecule has 2 rings (SSSR count). The molecular weight excluding hydrogens is 296 g/mol. The van der Waals surface area contributed by atoms with Crippen molar-refractivity contribution in [2.45, 2.75) is 0 Å². The average Bonchev–Trinajstić information content (AvgIpc) is 2.35. The van der Waals surface area contributed by atoms with Crippen molar-refractivity contribution in [1.29, 1.82) is 0 Å². The van der Waals surface area contributed by atoms with E-state index < -0.39 is 10.2 Å². The van der Waals surface area contributed by atoms with Crippen LogP contribution in [-0.4, -0.2) is 14.2 Å². The predicted molar refractivity (Wildman–Crippen MR) is 59.3 cm³/mol. The van der Waals surface area contributed by atoms with Gasteiger partial charge in [0.25, 0.3) is 0 Å². The lowest BCUT2D eigenvalue weighted by Crippen LogP contribution is -2.68. The molecule has 0 spiro atoms. The van der Waals surface area contributed by atoms with Crippen molar-refractivity contribution in [1.82, 2.24) is 0 Å². The summed E-state index contributed by atoms with van der Waals surface area (Å²) in [6.45, 7) is 0. The average molecular weight is 307 g/mol. The van der Waals surface area contributed by atoms with Crippen molar-refractivity contribution >= 4 is 21.4 Å². The monoisotopic (exact) mass is 306 g/mol. The Morgan fingerprint density at radius 3 is 2.05 bits per heavy atom. The fourth-order valence-corrected chi connectivity index (χ4v) is 2.11. The first-order valence-corrected chi connectivity index (χ1v) is 7.01. The van der Waals surface area contributed by atoms with Gasteiger partial charge in [-0.05, 0) is 18.2 Å². The predicted octanol–water partition coefficient (Wildman–Crippen LogP) is -1.56. The standard InChI is InChI=1S/C11H11O2S.ClHO4/c1-12-9-6-8-4-3-5-14-11(8)7-10(9)13-2;2-1(3,4)5/h3-7H,1-2H3;(H,2,3,4,5)/q+1;/p-1. The van der Waals surface area contributed by atoms with E-state index in [4.69, 9.17) is 28.1 Å². The molecule has 104 valence electrons. The molecule has 0 unspecified atom stereocenters. The molecule has 1 aromatic heterocycles. The van der Waals surface area contributed by atoms with E-state index in [1.165, 1.54) is 10.1 Å². The first-order chi connectivity index (χ1) is 8.85. The topological polar surface area (TPSA) is 111 Å². The normalized spacial score (nSPS) is 10.6. The minimum absolute atomic E-state index is 0.776. The molecule has 0 saturated carbocycles. The summed E-state index contributed by atoms with van der Waals surface area (Å²) in [6.07, 6.45) is 0. The summed E-state index contributed by atoms with van der Waals surface area (Å²) in [4.78, 5) is 0. The SMILES string of the molecule is COc1cc2ccc[s+]c2cc1OC.[O-][Cl+3]([O-])([O-])[O-]. The number of halogens is 1. The van der Waals surface area contributed by atoms with Crippen LogP contribution in [0.25, 0.3) is 10.1 Å². The molecule has 0 amide bonds. The molecule has 0 aliphatic rings. The molecule has 1 aromatic carbocycles. The number of ether oxygens (including phenoxy) is 2. The first kappa shape index (κ1) is 15.8. The minimum atomic E-state index is -4.94. The smallest absolute Gasteiger partial charge is 0.241 e. The molecular formula is C11H11ClO6S. The molecule has 0 radical (unpaired) electrons. The summed E-state index contributed by atoms with van der Waals surface area (Å²) in [6, 6.07) is 8.08. The van der Waals surface area contributed by atoms with Crippen molar-refractivity contribution in [2.75, 3.05) is 14.2 Å². The highest BCUT2D eigenvalue weighted by Gasteiger charge is 2.10. The lowest BCUT2D eigenvalue weighted by atomic mass is 10.2. The number of benzene rings is 1. The maximum atomic E-state index is 8.49. The van der Waals surface area contributed by atoms with Gasteiger partial charge in [-0.15, -0.1) is 10.2 Å². The van der Waals surface area contributed by atoms with Gasteiger partial charge < -0.3 is 9.47 Å². The van der Waals surface area contributed by atoms with Gasteiger partial charge in [-0.2, -0.15) is 0 Å². The van der Waals surface area contributed by atoms with Crippen LogP contribution in [-0.2, 0) is 0 Å². The van der Waals surface area contributed by atoms with Gasteiger partial charge in [0, 0.05) is 11.5 Å². The van der Waals surface area contributed by atoms with Crippen molar-refractivity contribution in [3.63, 3.8) is 0 Å². The summed E-state index contributed by atoms with van der Waals surface area (Å²) in [5.41, 5.74) is 0. The Balaban J connectivity index is 0.000000312. The van der Waals surface area contributed by atoms with Crippen LogP contribution < -0.4 is 28.1 Å². The van der Waals surface area contributed by atoms with E-state index in [0.29, 0.717) is 0 Å². The number of hydrogen-bond donors (Lipinski definition) is 0. The van der Waals surface area contributed by atoms with Crippen molar-refractivity contribution in [3.8, 4) is 11.5 Å². The van der Waals surface area contributed by atoms with Gasteiger partial charge in [0.1, 0.15) is 0 Å². The summed E-state index contributed by atoms with van der Waals surface area (Å²) in [5.74, 6) is 1.56. The highest BCUT2D eigenvalue weighted by atomic mass is 35.7. The highest BCUT2D eigenvalue weighted by Crippen LogP contribution is 2.33. The van der Waals surface area contributed by atoms with E-state index in [0.717, 1.165) is 11.5 Å².